The maximum atomic E-state index is 12.4. The first kappa shape index (κ1) is 29.0. The van der Waals surface area contributed by atoms with E-state index in [2.05, 4.69) is 27.7 Å². The molecule has 1 aromatic carbocycles. The van der Waals surface area contributed by atoms with Gasteiger partial charge in [-0.25, -0.2) is 0 Å². The van der Waals surface area contributed by atoms with Gasteiger partial charge in [0.1, 0.15) is 5.75 Å². The van der Waals surface area contributed by atoms with Crippen LogP contribution in [0.5, 0.6) is 17.2 Å². The van der Waals surface area contributed by atoms with Gasteiger partial charge in [0, 0.05) is 18.9 Å². The summed E-state index contributed by atoms with van der Waals surface area (Å²) in [4.78, 5) is 24.8. The molecule has 188 valence electrons. The number of carbonyl (C=O) groups is 2. The number of ether oxygens (including phenoxy) is 3. The summed E-state index contributed by atoms with van der Waals surface area (Å²) in [5.41, 5.74) is 0. The maximum Gasteiger partial charge on any atom is 0.311 e. The number of rotatable bonds is 19. The van der Waals surface area contributed by atoms with E-state index in [1.165, 1.54) is 38.5 Å². The number of benzene rings is 1. The number of hydrogen-bond acceptors (Lipinski definition) is 5. The van der Waals surface area contributed by atoms with Crippen LogP contribution in [0.2, 0.25) is 0 Å². The minimum atomic E-state index is -0.306. The summed E-state index contributed by atoms with van der Waals surface area (Å²) in [7, 11) is 0. The lowest BCUT2D eigenvalue weighted by atomic mass is 10.1. The molecule has 0 unspecified atom stereocenters. The number of esters is 2. The fourth-order valence-corrected chi connectivity index (χ4v) is 3.45. The molecule has 5 nitrogen and oxygen atoms in total. The average molecular weight is 463 g/mol. The van der Waals surface area contributed by atoms with Gasteiger partial charge in [0.2, 0.25) is 0 Å². The molecule has 0 radical (unpaired) electrons. The van der Waals surface area contributed by atoms with Crippen molar-refractivity contribution in [1.29, 1.82) is 0 Å². The molecular weight excluding hydrogens is 416 g/mol. The minimum Gasteiger partial charge on any atom is -0.493 e. The summed E-state index contributed by atoms with van der Waals surface area (Å²) in [6, 6.07) is 5.05. The zero-order chi connectivity index (χ0) is 24.3. The van der Waals surface area contributed by atoms with Crippen LogP contribution >= 0.6 is 0 Å². The van der Waals surface area contributed by atoms with Crippen molar-refractivity contribution in [3.63, 3.8) is 0 Å². The smallest absolute Gasteiger partial charge is 0.311 e. The van der Waals surface area contributed by atoms with E-state index in [1.54, 1.807) is 18.2 Å². The molecule has 0 aliphatic heterocycles. The van der Waals surface area contributed by atoms with Gasteiger partial charge in [-0.3, -0.25) is 9.59 Å². The molecule has 0 N–H and O–H groups in total. The number of carbonyl (C=O) groups excluding carboxylic acids is 2. The lowest BCUT2D eigenvalue weighted by Crippen LogP contribution is -2.12. The summed E-state index contributed by atoms with van der Waals surface area (Å²) < 4.78 is 16.9. The van der Waals surface area contributed by atoms with Crippen molar-refractivity contribution >= 4 is 11.9 Å². The van der Waals surface area contributed by atoms with Crippen molar-refractivity contribution < 1.29 is 23.8 Å². The first-order chi connectivity index (χ1) is 16.0. The SMILES string of the molecule is CCCCCCCCC(=O)Oc1ccc(OCC(C)C)cc1OC(=O)CCCCCCCC. The highest BCUT2D eigenvalue weighted by Crippen LogP contribution is 2.33. The summed E-state index contributed by atoms with van der Waals surface area (Å²) in [5, 5.41) is 0. The van der Waals surface area contributed by atoms with Gasteiger partial charge in [0.15, 0.2) is 11.5 Å². The zero-order valence-electron chi connectivity index (χ0n) is 21.5. The maximum absolute atomic E-state index is 12.4. The van der Waals surface area contributed by atoms with Gasteiger partial charge in [0.25, 0.3) is 0 Å². The number of unbranched alkanes of at least 4 members (excludes halogenated alkanes) is 10. The Kier molecular flexibility index (Phi) is 16.2. The Bertz CT molecular complexity index is 668. The molecule has 0 atom stereocenters. The van der Waals surface area contributed by atoms with Crippen molar-refractivity contribution in [3.8, 4) is 17.2 Å². The third-order valence-corrected chi connectivity index (χ3v) is 5.42. The highest BCUT2D eigenvalue weighted by Gasteiger charge is 2.15. The Morgan fingerprint density at radius 3 is 1.70 bits per heavy atom. The molecular formula is C28H46O5. The monoisotopic (exact) mass is 462 g/mol. The van der Waals surface area contributed by atoms with Gasteiger partial charge in [-0.1, -0.05) is 91.9 Å². The molecule has 0 aliphatic rings. The van der Waals surface area contributed by atoms with Crippen molar-refractivity contribution in [3.05, 3.63) is 18.2 Å². The topological polar surface area (TPSA) is 61.8 Å². The van der Waals surface area contributed by atoms with Crippen LogP contribution in [0.4, 0.5) is 0 Å². The third kappa shape index (κ3) is 14.7. The average Bonchev–Trinajstić information content (AvgIpc) is 2.78. The molecule has 0 saturated heterocycles. The summed E-state index contributed by atoms with van der Waals surface area (Å²) in [6.45, 7) is 9.07. The Morgan fingerprint density at radius 1 is 0.697 bits per heavy atom. The van der Waals surface area contributed by atoms with E-state index in [0.717, 1.165) is 38.5 Å². The fourth-order valence-electron chi connectivity index (χ4n) is 3.45. The first-order valence-corrected chi connectivity index (χ1v) is 13.1. The Labute approximate surface area is 201 Å². The first-order valence-electron chi connectivity index (χ1n) is 13.1. The zero-order valence-corrected chi connectivity index (χ0v) is 21.5. The van der Waals surface area contributed by atoms with Crippen LogP contribution in [-0.4, -0.2) is 18.5 Å². The molecule has 0 saturated carbocycles. The van der Waals surface area contributed by atoms with Gasteiger partial charge in [-0.05, 0) is 30.9 Å². The van der Waals surface area contributed by atoms with E-state index in [-0.39, 0.29) is 23.4 Å². The van der Waals surface area contributed by atoms with E-state index in [9.17, 15) is 9.59 Å². The lowest BCUT2D eigenvalue weighted by molar-refractivity contribution is -0.137. The van der Waals surface area contributed by atoms with E-state index in [0.29, 0.717) is 31.1 Å². The van der Waals surface area contributed by atoms with Crippen LogP contribution < -0.4 is 14.2 Å². The second-order valence-corrected chi connectivity index (χ2v) is 9.30. The van der Waals surface area contributed by atoms with E-state index in [4.69, 9.17) is 14.2 Å². The quantitative estimate of drug-likeness (QED) is 0.118. The Hall–Kier alpha value is -2.04. The van der Waals surface area contributed by atoms with E-state index in [1.807, 2.05) is 0 Å². The van der Waals surface area contributed by atoms with Gasteiger partial charge >= 0.3 is 11.9 Å². The predicted molar refractivity (Wildman–Crippen MR) is 134 cm³/mol. The van der Waals surface area contributed by atoms with Crippen LogP contribution in [0.3, 0.4) is 0 Å². The number of hydrogen-bond donors (Lipinski definition) is 0. The highest BCUT2D eigenvalue weighted by atomic mass is 16.6. The molecule has 0 bridgehead atoms. The van der Waals surface area contributed by atoms with Crippen LogP contribution in [-0.2, 0) is 9.59 Å². The standard InChI is InChI=1S/C28H46O5/c1-5-7-9-11-13-15-17-27(29)32-25-20-19-24(31-22-23(3)4)21-26(25)33-28(30)18-16-14-12-10-8-6-2/h19-21,23H,5-18,22H2,1-4H3. The molecule has 5 heteroatoms. The summed E-state index contributed by atoms with van der Waals surface area (Å²) in [5.74, 6) is 0.900. The molecule has 0 amide bonds. The van der Waals surface area contributed by atoms with Crippen molar-refractivity contribution in [2.24, 2.45) is 5.92 Å². The van der Waals surface area contributed by atoms with Crippen LogP contribution in [0.15, 0.2) is 18.2 Å². The van der Waals surface area contributed by atoms with Crippen molar-refractivity contribution in [2.75, 3.05) is 6.61 Å². The van der Waals surface area contributed by atoms with Gasteiger partial charge in [-0.15, -0.1) is 0 Å². The van der Waals surface area contributed by atoms with Crippen molar-refractivity contribution in [1.82, 2.24) is 0 Å². The van der Waals surface area contributed by atoms with Gasteiger partial charge in [0.05, 0.1) is 6.61 Å². The highest BCUT2D eigenvalue weighted by molar-refractivity contribution is 5.76. The normalized spacial score (nSPS) is 10.9. The van der Waals surface area contributed by atoms with E-state index >= 15 is 0 Å². The minimum absolute atomic E-state index is 0.253. The molecule has 0 fully saturated rings. The molecule has 0 aromatic heterocycles. The lowest BCUT2D eigenvalue weighted by Gasteiger charge is -2.14. The van der Waals surface area contributed by atoms with Crippen molar-refractivity contribution in [2.45, 2.75) is 118 Å². The molecule has 0 aliphatic carbocycles. The van der Waals surface area contributed by atoms with Crippen LogP contribution in [0, 0.1) is 5.92 Å². The molecule has 0 spiro atoms. The largest absolute Gasteiger partial charge is 0.493 e. The molecule has 1 aromatic rings. The van der Waals surface area contributed by atoms with Crippen LogP contribution in [0.25, 0.3) is 0 Å². The van der Waals surface area contributed by atoms with E-state index < -0.39 is 0 Å². The van der Waals surface area contributed by atoms with Gasteiger partial charge < -0.3 is 14.2 Å². The fraction of sp³-hybridized carbons (Fsp3) is 0.714. The summed E-state index contributed by atoms with van der Waals surface area (Å²) >= 11 is 0. The predicted octanol–water partition coefficient (Wildman–Crippen LogP) is 8.03. The second-order valence-electron chi connectivity index (χ2n) is 9.30. The molecule has 1 rings (SSSR count). The summed E-state index contributed by atoms with van der Waals surface area (Å²) in [6.07, 6.45) is 14.0. The van der Waals surface area contributed by atoms with Gasteiger partial charge in [-0.2, -0.15) is 0 Å². The second kappa shape index (κ2) is 18.4. The Balaban J connectivity index is 2.63. The molecule has 0 heterocycles. The molecule has 33 heavy (non-hydrogen) atoms. The third-order valence-electron chi connectivity index (χ3n) is 5.42. The Morgan fingerprint density at radius 2 is 1.18 bits per heavy atom. The van der Waals surface area contributed by atoms with Crippen LogP contribution in [0.1, 0.15) is 118 Å².